The van der Waals surface area contributed by atoms with Crippen LogP contribution in [0.1, 0.15) is 348 Å². The van der Waals surface area contributed by atoms with Crippen LogP contribution in [0.3, 0.4) is 0 Å². The maximum Gasteiger partial charge on any atom is 0.361 e. The topological polar surface area (TPSA) is 108 Å². The third-order valence-corrected chi connectivity index (χ3v) is 17.2. The molecule has 0 aromatic heterocycles. The van der Waals surface area contributed by atoms with Crippen LogP contribution in [-0.4, -0.2) is 87.4 Å². The molecule has 546 valence electrons. The van der Waals surface area contributed by atoms with Crippen LogP contribution in [0, 0.1) is 0 Å². The van der Waals surface area contributed by atoms with Crippen molar-refractivity contribution in [2.75, 3.05) is 47.5 Å². The Balaban J connectivity index is 4.04. The second-order valence-corrected chi connectivity index (χ2v) is 27.6. The van der Waals surface area contributed by atoms with Crippen LogP contribution in [0.5, 0.6) is 0 Å². The Morgan fingerprint density at radius 2 is 0.600 bits per heavy atom. The molecule has 2 atom stereocenters. The standard InChI is InChI=1S/C86H149NO8/c1-6-8-10-12-14-16-18-20-22-24-26-28-30-32-34-36-38-40-41-42-43-45-47-49-51-53-55-57-59-61-63-65-67-69-71-73-75-77-84(89)95-82(81-94-86(85(90)91)92-79-78-87(3,4)5)80-93-83(88)76-74-72-70-68-66-64-62-60-58-56-54-52-50-48-46-44-39-37-35-33-31-29-27-25-23-21-19-17-15-13-11-9-7-2/h8,10,14,16,19-22,25-28,31-34,38,40,42-43,82,86H,6-7,9,11-13,15,17-18,23-24,29-30,35-37,39,41,44-81H2,1-5H3/p+1/b10-8-,16-14-,21-19-,22-20-,27-25-,28-26-,33-31-,34-32-,40-38-,43-42-. The van der Waals surface area contributed by atoms with E-state index in [1.54, 1.807) is 0 Å². The van der Waals surface area contributed by atoms with Gasteiger partial charge in [0.1, 0.15) is 13.2 Å². The van der Waals surface area contributed by atoms with Gasteiger partial charge >= 0.3 is 17.9 Å². The summed E-state index contributed by atoms with van der Waals surface area (Å²) in [6.45, 7) is 4.79. The summed E-state index contributed by atoms with van der Waals surface area (Å²) in [6.07, 6.45) is 105. The van der Waals surface area contributed by atoms with Crippen molar-refractivity contribution < 1.29 is 42.9 Å². The van der Waals surface area contributed by atoms with E-state index in [9.17, 15) is 19.5 Å². The molecule has 0 amide bonds. The number of aliphatic carboxylic acids is 1. The zero-order valence-corrected chi connectivity index (χ0v) is 62.6. The Labute approximate surface area is 587 Å². The monoisotopic (exact) mass is 1330 g/mol. The molecule has 0 aromatic carbocycles. The van der Waals surface area contributed by atoms with Crippen LogP contribution in [0.2, 0.25) is 0 Å². The molecule has 1 N–H and O–H groups in total. The summed E-state index contributed by atoms with van der Waals surface area (Å²) in [4.78, 5) is 37.7. The van der Waals surface area contributed by atoms with Crippen molar-refractivity contribution in [3.05, 3.63) is 122 Å². The number of rotatable bonds is 73. The first-order valence-corrected chi connectivity index (χ1v) is 39.7. The second kappa shape index (κ2) is 75.5. The third-order valence-electron chi connectivity index (χ3n) is 17.2. The molecule has 0 fully saturated rings. The first kappa shape index (κ1) is 90.7. The molecule has 0 aromatic rings. The Morgan fingerprint density at radius 3 is 0.895 bits per heavy atom. The Bertz CT molecular complexity index is 1980. The lowest BCUT2D eigenvalue weighted by atomic mass is 10.0. The fourth-order valence-electron chi connectivity index (χ4n) is 11.2. The number of unbranched alkanes of at least 4 members (excludes halogenated alkanes) is 38. The van der Waals surface area contributed by atoms with Crippen molar-refractivity contribution >= 4 is 17.9 Å². The normalized spacial score (nSPS) is 13.3. The molecule has 9 nitrogen and oxygen atoms in total. The van der Waals surface area contributed by atoms with E-state index in [4.69, 9.17) is 18.9 Å². The number of hydrogen-bond acceptors (Lipinski definition) is 7. The van der Waals surface area contributed by atoms with Gasteiger partial charge in [-0.15, -0.1) is 0 Å². The van der Waals surface area contributed by atoms with Crippen LogP contribution in [0.25, 0.3) is 0 Å². The van der Waals surface area contributed by atoms with E-state index in [0.29, 0.717) is 17.4 Å². The van der Waals surface area contributed by atoms with Gasteiger partial charge in [0, 0.05) is 12.8 Å². The molecular weight excluding hydrogens is 1170 g/mol. The van der Waals surface area contributed by atoms with Crippen LogP contribution in [0.4, 0.5) is 0 Å². The highest BCUT2D eigenvalue weighted by molar-refractivity contribution is 5.71. The summed E-state index contributed by atoms with van der Waals surface area (Å²) in [5.41, 5.74) is 0. The van der Waals surface area contributed by atoms with E-state index in [0.717, 1.165) is 96.3 Å². The highest BCUT2D eigenvalue weighted by Gasteiger charge is 2.25. The van der Waals surface area contributed by atoms with E-state index < -0.39 is 24.3 Å². The molecule has 0 radical (unpaired) electrons. The zero-order chi connectivity index (χ0) is 69.0. The van der Waals surface area contributed by atoms with Gasteiger partial charge in [-0.3, -0.25) is 9.59 Å². The van der Waals surface area contributed by atoms with Crippen molar-refractivity contribution in [1.82, 2.24) is 0 Å². The molecule has 0 aliphatic carbocycles. The molecule has 2 unspecified atom stereocenters. The van der Waals surface area contributed by atoms with Crippen LogP contribution >= 0.6 is 0 Å². The van der Waals surface area contributed by atoms with Crippen molar-refractivity contribution in [2.24, 2.45) is 0 Å². The van der Waals surface area contributed by atoms with Gasteiger partial charge in [0.2, 0.25) is 0 Å². The van der Waals surface area contributed by atoms with Gasteiger partial charge in [0.05, 0.1) is 34.4 Å². The summed E-state index contributed by atoms with van der Waals surface area (Å²) in [5, 5.41) is 9.77. The Kier molecular flexibility index (Phi) is 72.0. The van der Waals surface area contributed by atoms with Crippen LogP contribution in [0.15, 0.2) is 122 Å². The van der Waals surface area contributed by atoms with Crippen molar-refractivity contribution in [3.8, 4) is 0 Å². The third kappa shape index (κ3) is 76.9. The molecule has 95 heavy (non-hydrogen) atoms. The molecule has 0 saturated carbocycles. The number of quaternary nitrogens is 1. The van der Waals surface area contributed by atoms with Gasteiger partial charge in [-0.25, -0.2) is 4.79 Å². The molecule has 0 aliphatic heterocycles. The lowest BCUT2D eigenvalue weighted by Crippen LogP contribution is -2.40. The summed E-state index contributed by atoms with van der Waals surface area (Å²) >= 11 is 0. The number of nitrogens with zero attached hydrogens (tertiary/aromatic N) is 1. The van der Waals surface area contributed by atoms with E-state index in [1.807, 2.05) is 21.1 Å². The predicted molar refractivity (Wildman–Crippen MR) is 410 cm³/mol. The Morgan fingerprint density at radius 1 is 0.326 bits per heavy atom. The molecule has 0 heterocycles. The number of ether oxygens (including phenoxy) is 4. The van der Waals surface area contributed by atoms with E-state index in [-0.39, 0.29) is 32.2 Å². The van der Waals surface area contributed by atoms with Gasteiger partial charge in [0.15, 0.2) is 6.10 Å². The van der Waals surface area contributed by atoms with Gasteiger partial charge in [-0.2, -0.15) is 0 Å². The minimum absolute atomic E-state index is 0.183. The lowest BCUT2D eigenvalue weighted by molar-refractivity contribution is -0.870. The maximum absolute atomic E-state index is 13.0. The van der Waals surface area contributed by atoms with Crippen LogP contribution < -0.4 is 0 Å². The molecule has 9 heteroatoms. The molecule has 0 bridgehead atoms. The number of carbonyl (C=O) groups excluding carboxylic acids is 2. The first-order chi connectivity index (χ1) is 46.6. The summed E-state index contributed by atoms with van der Waals surface area (Å²) in [7, 11) is 5.99. The number of allylic oxidation sites excluding steroid dienone is 20. The number of carbonyl (C=O) groups is 3. The number of esters is 2. The van der Waals surface area contributed by atoms with Gasteiger partial charge in [-0.05, 0) is 109 Å². The minimum atomic E-state index is -1.52. The van der Waals surface area contributed by atoms with Gasteiger partial charge in [0.25, 0.3) is 6.29 Å². The average Bonchev–Trinajstić information content (AvgIpc) is 3.75. The summed E-state index contributed by atoms with van der Waals surface area (Å²) in [5.74, 6) is -1.99. The fraction of sp³-hybridized carbons (Fsp3) is 0.733. The predicted octanol–water partition coefficient (Wildman–Crippen LogP) is 25.5. The largest absolute Gasteiger partial charge is 0.477 e. The van der Waals surface area contributed by atoms with Crippen LogP contribution in [-0.2, 0) is 33.3 Å². The first-order valence-electron chi connectivity index (χ1n) is 39.7. The molecule has 0 spiro atoms. The quantitative estimate of drug-likeness (QED) is 0.0211. The SMILES string of the molecule is CC/C=C\C/C=C\C/C=C\C/C=C\C/C=C\C/C=C\C/C=C\CCCCCCCCCCCCCCCCCC(=O)OC(COC(=O)CCCCCCCCCCCCCCCCCCCC/C=C\C/C=C\C/C=C\CCCCCCC)COC(OCC[N+](C)(C)C)C(=O)O. The molecule has 0 saturated heterocycles. The zero-order valence-electron chi connectivity index (χ0n) is 62.6. The number of hydrogen-bond donors (Lipinski definition) is 1. The Hall–Kier alpha value is -4.31. The van der Waals surface area contributed by atoms with Gasteiger partial charge in [-0.1, -0.05) is 347 Å². The number of likely N-dealkylation sites (N-methyl/N-ethyl adjacent to an activating group) is 1. The maximum atomic E-state index is 13.0. The molecule has 0 aliphatic rings. The van der Waals surface area contributed by atoms with E-state index in [2.05, 4.69) is 135 Å². The fourth-order valence-corrected chi connectivity index (χ4v) is 11.2. The summed E-state index contributed by atoms with van der Waals surface area (Å²) in [6, 6.07) is 0. The van der Waals surface area contributed by atoms with E-state index in [1.165, 1.54) is 225 Å². The highest BCUT2D eigenvalue weighted by Crippen LogP contribution is 2.18. The minimum Gasteiger partial charge on any atom is -0.477 e. The van der Waals surface area contributed by atoms with Gasteiger partial charge < -0.3 is 28.5 Å². The lowest BCUT2D eigenvalue weighted by Gasteiger charge is -2.25. The smallest absolute Gasteiger partial charge is 0.361 e. The van der Waals surface area contributed by atoms with Crippen molar-refractivity contribution in [1.29, 1.82) is 0 Å². The highest BCUT2D eigenvalue weighted by atomic mass is 16.7. The van der Waals surface area contributed by atoms with Crippen molar-refractivity contribution in [3.63, 3.8) is 0 Å². The molecular formula is C86H150NO8+. The van der Waals surface area contributed by atoms with E-state index >= 15 is 0 Å². The molecule has 0 rings (SSSR count). The van der Waals surface area contributed by atoms with Crippen molar-refractivity contribution in [2.45, 2.75) is 360 Å². The number of carboxylic acids is 1. The number of carboxylic acid groups (broad SMARTS) is 1. The average molecular weight is 1330 g/mol. The second-order valence-electron chi connectivity index (χ2n) is 27.6. The summed E-state index contributed by atoms with van der Waals surface area (Å²) < 4.78 is 23.1.